The number of nitrogens with two attached hydrogens (primary N) is 1. The number of carbonyl (C=O) groups excluding carboxylic acids is 2. The Labute approximate surface area is 188 Å². The molecular formula is C23H18Cl2FN3O2. The van der Waals surface area contributed by atoms with Crippen LogP contribution in [0.4, 0.5) is 4.39 Å². The standard InChI is InChI=1S/C23H18Cl2FN3O2/c24-14-10-17-15(19(26)11-14)6-7-20(17)29(23(31)16-8-9-28-12-18(16)25)21(22(27)30)13-4-2-1-3-5-13/h1-5,8-12,20-21H,6-7H2,(H2,27,30)/t20-,21-/m1/s1. The summed E-state index contributed by atoms with van der Waals surface area (Å²) in [5.74, 6) is -1.64. The van der Waals surface area contributed by atoms with Crippen molar-refractivity contribution in [1.29, 1.82) is 0 Å². The first-order valence-electron chi connectivity index (χ1n) is 9.62. The molecule has 0 unspecified atom stereocenters. The van der Waals surface area contributed by atoms with E-state index in [0.717, 1.165) is 0 Å². The number of hydrogen-bond acceptors (Lipinski definition) is 3. The van der Waals surface area contributed by atoms with Crippen molar-refractivity contribution in [3.05, 3.63) is 99.0 Å². The number of amides is 2. The van der Waals surface area contributed by atoms with Crippen molar-refractivity contribution in [3.8, 4) is 0 Å². The van der Waals surface area contributed by atoms with E-state index in [9.17, 15) is 14.0 Å². The molecule has 2 N–H and O–H groups in total. The highest BCUT2D eigenvalue weighted by Gasteiger charge is 2.40. The predicted molar refractivity (Wildman–Crippen MR) is 116 cm³/mol. The summed E-state index contributed by atoms with van der Waals surface area (Å²) < 4.78 is 14.6. The lowest BCUT2D eigenvalue weighted by Crippen LogP contribution is -2.43. The van der Waals surface area contributed by atoms with Crippen LogP contribution in [0.3, 0.4) is 0 Å². The third-order valence-corrected chi connectivity index (χ3v) is 5.98. The zero-order chi connectivity index (χ0) is 22.1. The van der Waals surface area contributed by atoms with Gasteiger partial charge in [0.2, 0.25) is 5.91 Å². The Morgan fingerprint density at radius 2 is 1.90 bits per heavy atom. The van der Waals surface area contributed by atoms with Crippen molar-refractivity contribution in [2.75, 3.05) is 0 Å². The number of primary amides is 1. The van der Waals surface area contributed by atoms with Gasteiger partial charge in [0.1, 0.15) is 11.9 Å². The number of aromatic nitrogens is 1. The first-order valence-corrected chi connectivity index (χ1v) is 10.4. The SMILES string of the molecule is NC(=O)[C@@H](c1ccccc1)N(C(=O)c1ccncc1Cl)[C@@H]1CCc2c(F)cc(Cl)cc21. The van der Waals surface area contributed by atoms with Crippen molar-refractivity contribution in [1.82, 2.24) is 9.88 Å². The third-order valence-electron chi connectivity index (χ3n) is 5.46. The number of benzene rings is 2. The maximum atomic E-state index is 14.6. The van der Waals surface area contributed by atoms with Crippen LogP contribution in [0.1, 0.15) is 45.6 Å². The van der Waals surface area contributed by atoms with Gasteiger partial charge in [0.25, 0.3) is 5.91 Å². The van der Waals surface area contributed by atoms with Gasteiger partial charge in [0.15, 0.2) is 0 Å². The number of rotatable bonds is 5. The van der Waals surface area contributed by atoms with Crippen LogP contribution in [0.2, 0.25) is 10.0 Å². The summed E-state index contributed by atoms with van der Waals surface area (Å²) in [6.45, 7) is 0. The number of halogens is 3. The van der Waals surface area contributed by atoms with E-state index in [4.69, 9.17) is 28.9 Å². The van der Waals surface area contributed by atoms with Crippen LogP contribution in [0.15, 0.2) is 60.9 Å². The lowest BCUT2D eigenvalue weighted by Gasteiger charge is -2.36. The minimum Gasteiger partial charge on any atom is -0.368 e. The average molecular weight is 458 g/mol. The van der Waals surface area contributed by atoms with Crippen molar-refractivity contribution in [2.45, 2.75) is 24.9 Å². The Balaban J connectivity index is 1.90. The molecule has 1 aliphatic rings. The normalized spacial score (nSPS) is 15.9. The van der Waals surface area contributed by atoms with E-state index in [1.54, 1.807) is 36.4 Å². The molecular weight excluding hydrogens is 440 g/mol. The summed E-state index contributed by atoms with van der Waals surface area (Å²) in [4.78, 5) is 31.7. The summed E-state index contributed by atoms with van der Waals surface area (Å²) in [6, 6.07) is 11.4. The lowest BCUT2D eigenvalue weighted by atomic mass is 9.98. The lowest BCUT2D eigenvalue weighted by molar-refractivity contribution is -0.123. The fourth-order valence-electron chi connectivity index (χ4n) is 4.13. The summed E-state index contributed by atoms with van der Waals surface area (Å²) in [7, 11) is 0. The molecule has 1 aliphatic carbocycles. The number of hydrogen-bond donors (Lipinski definition) is 1. The summed E-state index contributed by atoms with van der Waals surface area (Å²) in [6.07, 6.45) is 3.61. The van der Waals surface area contributed by atoms with Gasteiger partial charge in [-0.3, -0.25) is 14.6 Å². The molecule has 2 aromatic carbocycles. The Hall–Kier alpha value is -2.96. The molecule has 0 spiro atoms. The highest BCUT2D eigenvalue weighted by molar-refractivity contribution is 6.33. The van der Waals surface area contributed by atoms with E-state index in [1.807, 2.05) is 0 Å². The van der Waals surface area contributed by atoms with Crippen molar-refractivity contribution in [2.24, 2.45) is 5.73 Å². The molecule has 2 atom stereocenters. The topological polar surface area (TPSA) is 76.3 Å². The monoisotopic (exact) mass is 457 g/mol. The molecule has 0 bridgehead atoms. The molecule has 31 heavy (non-hydrogen) atoms. The average Bonchev–Trinajstić information content (AvgIpc) is 3.16. The zero-order valence-corrected chi connectivity index (χ0v) is 17.8. The van der Waals surface area contributed by atoms with Crippen LogP contribution >= 0.6 is 23.2 Å². The van der Waals surface area contributed by atoms with Gasteiger partial charge in [-0.15, -0.1) is 0 Å². The van der Waals surface area contributed by atoms with E-state index < -0.39 is 29.7 Å². The first kappa shape index (κ1) is 21.3. The largest absolute Gasteiger partial charge is 0.368 e. The summed E-state index contributed by atoms with van der Waals surface area (Å²) >= 11 is 12.4. The van der Waals surface area contributed by atoms with Gasteiger partial charge in [-0.1, -0.05) is 53.5 Å². The van der Waals surface area contributed by atoms with Crippen molar-refractivity contribution in [3.63, 3.8) is 0 Å². The van der Waals surface area contributed by atoms with Gasteiger partial charge in [-0.25, -0.2) is 4.39 Å². The molecule has 5 nitrogen and oxygen atoms in total. The fourth-order valence-corrected chi connectivity index (χ4v) is 4.55. The summed E-state index contributed by atoms with van der Waals surface area (Å²) in [5.41, 5.74) is 7.55. The Morgan fingerprint density at radius 1 is 1.16 bits per heavy atom. The molecule has 2 amide bonds. The van der Waals surface area contributed by atoms with E-state index >= 15 is 0 Å². The highest BCUT2D eigenvalue weighted by atomic mass is 35.5. The van der Waals surface area contributed by atoms with Crippen LogP contribution in [0.25, 0.3) is 0 Å². The molecule has 0 saturated heterocycles. The zero-order valence-electron chi connectivity index (χ0n) is 16.3. The second-order valence-corrected chi connectivity index (χ2v) is 8.14. The van der Waals surface area contributed by atoms with Crippen LogP contribution in [-0.4, -0.2) is 21.7 Å². The van der Waals surface area contributed by atoms with Crippen LogP contribution < -0.4 is 5.73 Å². The Morgan fingerprint density at radius 3 is 2.58 bits per heavy atom. The minimum absolute atomic E-state index is 0.143. The molecule has 3 aromatic rings. The summed E-state index contributed by atoms with van der Waals surface area (Å²) in [5, 5.41) is 0.358. The second-order valence-electron chi connectivity index (χ2n) is 7.29. The van der Waals surface area contributed by atoms with Gasteiger partial charge in [-0.05, 0) is 47.7 Å². The molecule has 0 saturated carbocycles. The number of pyridine rings is 1. The molecule has 0 radical (unpaired) electrons. The molecule has 158 valence electrons. The van der Waals surface area contributed by atoms with Crippen LogP contribution in [0, 0.1) is 5.82 Å². The van der Waals surface area contributed by atoms with Gasteiger partial charge >= 0.3 is 0 Å². The maximum absolute atomic E-state index is 14.6. The smallest absolute Gasteiger partial charge is 0.256 e. The minimum atomic E-state index is -1.09. The highest BCUT2D eigenvalue weighted by Crippen LogP contribution is 2.43. The van der Waals surface area contributed by atoms with Gasteiger partial charge < -0.3 is 10.6 Å². The van der Waals surface area contributed by atoms with Crippen molar-refractivity contribution < 1.29 is 14.0 Å². The number of fused-ring (bicyclic) bond motifs is 1. The van der Waals surface area contributed by atoms with E-state index in [1.165, 1.54) is 29.4 Å². The first-order chi connectivity index (χ1) is 14.9. The third kappa shape index (κ3) is 4.01. The number of carbonyl (C=O) groups is 2. The van der Waals surface area contributed by atoms with Crippen molar-refractivity contribution >= 4 is 35.0 Å². The van der Waals surface area contributed by atoms with Gasteiger partial charge in [0.05, 0.1) is 16.6 Å². The molecule has 0 aliphatic heterocycles. The molecule has 1 heterocycles. The van der Waals surface area contributed by atoms with E-state index in [-0.39, 0.29) is 15.6 Å². The second kappa shape index (κ2) is 8.65. The molecule has 8 heteroatoms. The van der Waals surface area contributed by atoms with E-state index in [0.29, 0.717) is 29.5 Å². The number of nitrogens with zero attached hydrogens (tertiary/aromatic N) is 2. The fraction of sp³-hybridized carbons (Fsp3) is 0.174. The van der Waals surface area contributed by atoms with Crippen LogP contribution in [-0.2, 0) is 11.2 Å². The van der Waals surface area contributed by atoms with Gasteiger partial charge in [-0.2, -0.15) is 0 Å². The van der Waals surface area contributed by atoms with E-state index in [2.05, 4.69) is 4.98 Å². The maximum Gasteiger partial charge on any atom is 0.256 e. The Kier molecular flexibility index (Phi) is 5.94. The molecule has 4 rings (SSSR count). The predicted octanol–water partition coefficient (Wildman–Crippen LogP) is 4.88. The Bertz CT molecular complexity index is 1160. The quantitative estimate of drug-likeness (QED) is 0.592. The van der Waals surface area contributed by atoms with Gasteiger partial charge in [0, 0.05) is 17.4 Å². The molecule has 0 fully saturated rings. The molecule has 1 aromatic heterocycles. The van der Waals surface area contributed by atoms with Crippen LogP contribution in [0.5, 0.6) is 0 Å².